The molecule has 64 valence electrons. The van der Waals surface area contributed by atoms with Gasteiger partial charge in [0.15, 0.2) is 0 Å². The van der Waals surface area contributed by atoms with Crippen LogP contribution in [-0.2, 0) is 0 Å². The Bertz CT molecular complexity index is 299. The lowest BCUT2D eigenvalue weighted by Gasteiger charge is -2.29. The molecule has 0 fully saturated rings. The molecule has 1 N–H and O–H groups in total. The Morgan fingerprint density at radius 1 is 1.50 bits per heavy atom. The van der Waals surface area contributed by atoms with Crippen LogP contribution < -0.4 is 10.2 Å². The van der Waals surface area contributed by atoms with E-state index in [1.54, 1.807) is 0 Å². The van der Waals surface area contributed by atoms with Crippen molar-refractivity contribution < 1.29 is 0 Å². The number of halogens is 1. The second-order valence-corrected chi connectivity index (χ2v) is 3.84. The summed E-state index contributed by atoms with van der Waals surface area (Å²) in [6.45, 7) is 2.09. The first kappa shape index (κ1) is 7.92. The number of nitrogens with one attached hydrogen (secondary N) is 1. The van der Waals surface area contributed by atoms with Gasteiger partial charge < -0.3 is 10.2 Å². The van der Waals surface area contributed by atoms with Crippen molar-refractivity contribution in [2.75, 3.05) is 30.4 Å². The molecular weight excluding hydrogens is 216 g/mol. The van der Waals surface area contributed by atoms with Crippen LogP contribution in [0.1, 0.15) is 0 Å². The molecule has 12 heavy (non-hydrogen) atoms. The normalized spacial score (nSPS) is 15.3. The monoisotopic (exact) mass is 226 g/mol. The van der Waals surface area contributed by atoms with Crippen LogP contribution in [0.5, 0.6) is 0 Å². The molecule has 0 atom stereocenters. The van der Waals surface area contributed by atoms with Crippen LogP contribution in [0.3, 0.4) is 0 Å². The van der Waals surface area contributed by atoms with E-state index in [1.807, 2.05) is 0 Å². The van der Waals surface area contributed by atoms with Crippen LogP contribution in [0.15, 0.2) is 22.7 Å². The molecule has 1 aromatic carbocycles. The van der Waals surface area contributed by atoms with Crippen molar-refractivity contribution in [2.45, 2.75) is 0 Å². The smallest absolute Gasteiger partial charge is 0.0722 e. The Kier molecular flexibility index (Phi) is 1.97. The molecule has 0 amide bonds. The third-order valence-electron chi connectivity index (χ3n) is 2.15. The molecule has 1 aliphatic rings. The summed E-state index contributed by atoms with van der Waals surface area (Å²) >= 11 is 3.52. The minimum absolute atomic E-state index is 1.02. The Morgan fingerprint density at radius 3 is 3.08 bits per heavy atom. The zero-order chi connectivity index (χ0) is 8.55. The highest BCUT2D eigenvalue weighted by molar-refractivity contribution is 9.10. The van der Waals surface area contributed by atoms with Gasteiger partial charge in [0.05, 0.1) is 11.4 Å². The zero-order valence-corrected chi connectivity index (χ0v) is 8.56. The van der Waals surface area contributed by atoms with Crippen molar-refractivity contribution in [3.8, 4) is 0 Å². The summed E-state index contributed by atoms with van der Waals surface area (Å²) in [5.74, 6) is 0. The van der Waals surface area contributed by atoms with E-state index in [4.69, 9.17) is 0 Å². The number of nitrogens with zero attached hydrogens (tertiary/aromatic N) is 1. The number of fused-ring (bicyclic) bond motifs is 1. The molecule has 0 spiro atoms. The van der Waals surface area contributed by atoms with Gasteiger partial charge in [0, 0.05) is 24.6 Å². The molecule has 0 aromatic heterocycles. The average molecular weight is 227 g/mol. The van der Waals surface area contributed by atoms with Crippen LogP contribution in [0, 0.1) is 0 Å². The molecule has 3 heteroatoms. The number of hydrogen-bond acceptors (Lipinski definition) is 2. The molecule has 0 saturated heterocycles. The quantitative estimate of drug-likeness (QED) is 0.731. The van der Waals surface area contributed by atoms with E-state index in [1.165, 1.54) is 11.4 Å². The van der Waals surface area contributed by atoms with E-state index in [0.29, 0.717) is 0 Å². The summed E-state index contributed by atoms with van der Waals surface area (Å²) in [7, 11) is 2.12. The fourth-order valence-electron chi connectivity index (χ4n) is 1.47. The van der Waals surface area contributed by atoms with E-state index < -0.39 is 0 Å². The maximum absolute atomic E-state index is 3.52. The highest BCUT2D eigenvalue weighted by atomic mass is 79.9. The van der Waals surface area contributed by atoms with Crippen molar-refractivity contribution in [2.24, 2.45) is 0 Å². The van der Waals surface area contributed by atoms with Crippen molar-refractivity contribution in [3.63, 3.8) is 0 Å². The molecular formula is C9H11BrN2. The Morgan fingerprint density at radius 2 is 2.33 bits per heavy atom. The average Bonchev–Trinajstić information content (AvgIpc) is 2.07. The van der Waals surface area contributed by atoms with Crippen molar-refractivity contribution in [1.29, 1.82) is 0 Å². The summed E-state index contributed by atoms with van der Waals surface area (Å²) in [6, 6.07) is 6.25. The molecule has 2 nitrogen and oxygen atoms in total. The van der Waals surface area contributed by atoms with Gasteiger partial charge in [0.25, 0.3) is 0 Å². The number of hydrogen-bond donors (Lipinski definition) is 1. The Labute approximate surface area is 80.7 Å². The first-order chi connectivity index (χ1) is 5.79. The largest absolute Gasteiger partial charge is 0.381 e. The lowest BCUT2D eigenvalue weighted by Crippen LogP contribution is -2.30. The number of benzene rings is 1. The summed E-state index contributed by atoms with van der Waals surface area (Å²) in [6.07, 6.45) is 0. The van der Waals surface area contributed by atoms with Crippen LogP contribution in [-0.4, -0.2) is 20.1 Å². The number of likely N-dealkylation sites (N-methyl/N-ethyl adjacent to an activating group) is 1. The van der Waals surface area contributed by atoms with Gasteiger partial charge in [-0.3, -0.25) is 0 Å². The summed E-state index contributed by atoms with van der Waals surface area (Å²) < 4.78 is 1.14. The molecule has 1 aliphatic heterocycles. The minimum atomic E-state index is 1.02. The zero-order valence-electron chi connectivity index (χ0n) is 6.97. The summed E-state index contributed by atoms with van der Waals surface area (Å²) in [5, 5.41) is 3.37. The number of rotatable bonds is 0. The Balaban J connectivity index is 2.52. The van der Waals surface area contributed by atoms with Crippen LogP contribution >= 0.6 is 15.9 Å². The van der Waals surface area contributed by atoms with E-state index in [2.05, 4.69) is 51.4 Å². The number of anilines is 2. The fourth-order valence-corrected chi connectivity index (χ4v) is 1.97. The standard InChI is InChI=1S/C9H11BrN2/c1-12-6-5-11-9-7(10)3-2-4-8(9)12/h2-4,11H,5-6H2,1H3. The molecule has 2 rings (SSSR count). The first-order valence-electron chi connectivity index (χ1n) is 4.02. The maximum atomic E-state index is 3.52. The minimum Gasteiger partial charge on any atom is -0.381 e. The van der Waals surface area contributed by atoms with Gasteiger partial charge in [-0.2, -0.15) is 0 Å². The Hall–Kier alpha value is -0.700. The highest BCUT2D eigenvalue weighted by Crippen LogP contribution is 2.34. The molecule has 0 aliphatic carbocycles. The van der Waals surface area contributed by atoms with Gasteiger partial charge in [-0.25, -0.2) is 0 Å². The first-order valence-corrected chi connectivity index (χ1v) is 4.82. The topological polar surface area (TPSA) is 15.3 Å². The second kappa shape index (κ2) is 2.98. The van der Waals surface area contributed by atoms with E-state index in [0.717, 1.165) is 17.6 Å². The summed E-state index contributed by atoms with van der Waals surface area (Å²) in [4.78, 5) is 2.26. The summed E-state index contributed by atoms with van der Waals surface area (Å²) in [5.41, 5.74) is 2.49. The highest BCUT2D eigenvalue weighted by Gasteiger charge is 2.13. The lowest BCUT2D eigenvalue weighted by atomic mass is 10.2. The predicted octanol–water partition coefficient (Wildman–Crippen LogP) is 2.31. The van der Waals surface area contributed by atoms with Gasteiger partial charge in [0.2, 0.25) is 0 Å². The fraction of sp³-hybridized carbons (Fsp3) is 0.333. The van der Waals surface area contributed by atoms with E-state index >= 15 is 0 Å². The predicted molar refractivity (Wildman–Crippen MR) is 55.9 cm³/mol. The third kappa shape index (κ3) is 1.18. The molecule has 1 heterocycles. The van der Waals surface area contributed by atoms with Crippen molar-refractivity contribution in [1.82, 2.24) is 0 Å². The van der Waals surface area contributed by atoms with E-state index in [9.17, 15) is 0 Å². The maximum Gasteiger partial charge on any atom is 0.0722 e. The molecule has 0 unspecified atom stereocenters. The van der Waals surface area contributed by atoms with Crippen molar-refractivity contribution in [3.05, 3.63) is 22.7 Å². The van der Waals surface area contributed by atoms with Crippen LogP contribution in [0.25, 0.3) is 0 Å². The van der Waals surface area contributed by atoms with Crippen LogP contribution in [0.2, 0.25) is 0 Å². The lowest BCUT2D eigenvalue weighted by molar-refractivity contribution is 0.885. The molecule has 0 saturated carbocycles. The van der Waals surface area contributed by atoms with Gasteiger partial charge in [-0.15, -0.1) is 0 Å². The molecule has 0 bridgehead atoms. The molecule has 0 radical (unpaired) electrons. The van der Waals surface area contributed by atoms with Gasteiger partial charge in [0.1, 0.15) is 0 Å². The SMILES string of the molecule is CN1CCNc2c(Br)cccc21. The van der Waals surface area contributed by atoms with E-state index in [-0.39, 0.29) is 0 Å². The van der Waals surface area contributed by atoms with Crippen molar-refractivity contribution >= 4 is 27.3 Å². The molecule has 1 aromatic rings. The van der Waals surface area contributed by atoms with Gasteiger partial charge >= 0.3 is 0 Å². The van der Waals surface area contributed by atoms with Crippen LogP contribution in [0.4, 0.5) is 11.4 Å². The van der Waals surface area contributed by atoms with Gasteiger partial charge in [-0.05, 0) is 28.1 Å². The van der Waals surface area contributed by atoms with Gasteiger partial charge in [-0.1, -0.05) is 6.07 Å². The second-order valence-electron chi connectivity index (χ2n) is 2.98. The third-order valence-corrected chi connectivity index (χ3v) is 2.81. The number of para-hydroxylation sites is 1.